The van der Waals surface area contributed by atoms with Crippen molar-refractivity contribution in [2.45, 2.75) is 31.7 Å². The van der Waals surface area contributed by atoms with Crippen LogP contribution in [0.1, 0.15) is 25.7 Å². The summed E-state index contributed by atoms with van der Waals surface area (Å²) in [5.74, 6) is 0.409. The smallest absolute Gasteiger partial charge is 0.236 e. The second-order valence-corrected chi connectivity index (χ2v) is 3.18. The first kappa shape index (κ1) is 8.53. The van der Waals surface area contributed by atoms with Crippen molar-refractivity contribution < 1.29 is 4.79 Å². The summed E-state index contributed by atoms with van der Waals surface area (Å²) in [6.07, 6.45) is 4.70. The maximum absolute atomic E-state index is 11.1. The van der Waals surface area contributed by atoms with E-state index in [0.29, 0.717) is 5.92 Å². The van der Waals surface area contributed by atoms with Crippen LogP contribution in [0.15, 0.2) is 0 Å². The Balaban J connectivity index is 2.39. The van der Waals surface area contributed by atoms with Gasteiger partial charge in [-0.05, 0) is 18.8 Å². The average Bonchev–Trinajstić information content (AvgIpc) is 2.53. The number of rotatable bonds is 2. The van der Waals surface area contributed by atoms with Crippen molar-refractivity contribution in [3.8, 4) is 0 Å². The maximum atomic E-state index is 11.1. The van der Waals surface area contributed by atoms with Crippen LogP contribution in [0, 0.1) is 5.92 Å². The van der Waals surface area contributed by atoms with Crippen LogP contribution in [0.4, 0.5) is 0 Å². The highest BCUT2D eigenvalue weighted by Crippen LogP contribution is 2.26. The number of likely N-dealkylation sites (N-methyl/N-ethyl adjacent to an activating group) is 1. The molecule has 3 nitrogen and oxygen atoms in total. The first-order valence-corrected chi connectivity index (χ1v) is 4.23. The fourth-order valence-corrected chi connectivity index (χ4v) is 1.70. The van der Waals surface area contributed by atoms with Gasteiger partial charge in [0.05, 0.1) is 6.04 Å². The van der Waals surface area contributed by atoms with Gasteiger partial charge >= 0.3 is 0 Å². The van der Waals surface area contributed by atoms with Crippen LogP contribution in [0.3, 0.4) is 0 Å². The lowest BCUT2D eigenvalue weighted by atomic mass is 9.98. The molecule has 1 aliphatic carbocycles. The third-order valence-corrected chi connectivity index (χ3v) is 2.46. The molecule has 0 radical (unpaired) electrons. The van der Waals surface area contributed by atoms with Gasteiger partial charge in [0.2, 0.25) is 5.91 Å². The van der Waals surface area contributed by atoms with E-state index in [-0.39, 0.29) is 11.9 Å². The van der Waals surface area contributed by atoms with Gasteiger partial charge in [-0.15, -0.1) is 0 Å². The Labute approximate surface area is 67.3 Å². The molecule has 0 aliphatic heterocycles. The van der Waals surface area contributed by atoms with Crippen molar-refractivity contribution in [2.75, 3.05) is 7.05 Å². The van der Waals surface area contributed by atoms with E-state index in [9.17, 15) is 4.79 Å². The van der Waals surface area contributed by atoms with Crippen molar-refractivity contribution in [1.29, 1.82) is 0 Å². The zero-order chi connectivity index (χ0) is 8.27. The number of hydrogen-bond acceptors (Lipinski definition) is 2. The largest absolute Gasteiger partial charge is 0.358 e. The summed E-state index contributed by atoms with van der Waals surface area (Å²) >= 11 is 0. The van der Waals surface area contributed by atoms with Crippen LogP contribution in [0.5, 0.6) is 0 Å². The van der Waals surface area contributed by atoms with Crippen molar-refractivity contribution in [1.82, 2.24) is 5.32 Å². The highest BCUT2D eigenvalue weighted by Gasteiger charge is 2.26. The third kappa shape index (κ3) is 1.93. The Morgan fingerprint density at radius 2 is 2.09 bits per heavy atom. The molecule has 0 bridgehead atoms. The van der Waals surface area contributed by atoms with Gasteiger partial charge in [0, 0.05) is 7.05 Å². The van der Waals surface area contributed by atoms with E-state index in [2.05, 4.69) is 5.32 Å². The molecule has 1 atom stereocenters. The van der Waals surface area contributed by atoms with Crippen LogP contribution in [-0.2, 0) is 4.79 Å². The second kappa shape index (κ2) is 3.72. The minimum absolute atomic E-state index is 0.0168. The molecule has 1 rings (SSSR count). The molecule has 0 spiro atoms. The molecule has 1 aliphatic rings. The highest BCUT2D eigenvalue weighted by atomic mass is 16.2. The first-order valence-electron chi connectivity index (χ1n) is 4.23. The molecular weight excluding hydrogens is 140 g/mol. The van der Waals surface area contributed by atoms with Gasteiger partial charge in [-0.25, -0.2) is 0 Å². The van der Waals surface area contributed by atoms with Crippen molar-refractivity contribution in [2.24, 2.45) is 11.7 Å². The molecule has 0 saturated heterocycles. The fraction of sp³-hybridized carbons (Fsp3) is 0.875. The zero-order valence-corrected chi connectivity index (χ0v) is 6.97. The first-order chi connectivity index (χ1) is 5.25. The van der Waals surface area contributed by atoms with Gasteiger partial charge in [-0.3, -0.25) is 4.79 Å². The van der Waals surface area contributed by atoms with Crippen molar-refractivity contribution in [3.63, 3.8) is 0 Å². The Hall–Kier alpha value is -0.570. The molecule has 64 valence electrons. The SMILES string of the molecule is CNC(=O)[C@H](N)C1CCCC1. The molecule has 3 heteroatoms. The highest BCUT2D eigenvalue weighted by molar-refractivity contribution is 5.81. The molecule has 0 unspecified atom stereocenters. The Morgan fingerprint density at radius 1 is 1.55 bits per heavy atom. The molecular formula is C8H16N2O. The number of hydrogen-bond donors (Lipinski definition) is 2. The van der Waals surface area contributed by atoms with E-state index in [1.165, 1.54) is 12.8 Å². The van der Waals surface area contributed by atoms with Crippen molar-refractivity contribution >= 4 is 5.91 Å². The van der Waals surface area contributed by atoms with Gasteiger partial charge in [0.15, 0.2) is 0 Å². The monoisotopic (exact) mass is 156 g/mol. The molecule has 0 aromatic heterocycles. The molecule has 3 N–H and O–H groups in total. The van der Waals surface area contributed by atoms with Gasteiger partial charge in [-0.1, -0.05) is 12.8 Å². The maximum Gasteiger partial charge on any atom is 0.236 e. The lowest BCUT2D eigenvalue weighted by Crippen LogP contribution is -2.43. The lowest BCUT2D eigenvalue weighted by Gasteiger charge is -2.16. The standard InChI is InChI=1S/C8H16N2O/c1-10-8(11)7(9)6-4-2-3-5-6/h6-7H,2-5,9H2,1H3,(H,10,11)/t7-/m1/s1. The van der Waals surface area contributed by atoms with E-state index < -0.39 is 0 Å². The van der Waals surface area contributed by atoms with Gasteiger partial charge in [0.1, 0.15) is 0 Å². The Bertz CT molecular complexity index is 141. The number of amides is 1. The summed E-state index contributed by atoms with van der Waals surface area (Å²) in [4.78, 5) is 11.1. The van der Waals surface area contributed by atoms with Crippen LogP contribution in [0.2, 0.25) is 0 Å². The van der Waals surface area contributed by atoms with Crippen LogP contribution in [-0.4, -0.2) is 19.0 Å². The normalized spacial score (nSPS) is 21.6. The topological polar surface area (TPSA) is 55.1 Å². The minimum atomic E-state index is -0.275. The predicted octanol–water partition coefficient (Wildman–Crippen LogP) is 0.250. The van der Waals surface area contributed by atoms with Gasteiger partial charge < -0.3 is 11.1 Å². The number of nitrogens with two attached hydrogens (primary N) is 1. The quantitative estimate of drug-likeness (QED) is 0.602. The van der Waals surface area contributed by atoms with Crippen LogP contribution < -0.4 is 11.1 Å². The van der Waals surface area contributed by atoms with E-state index in [1.54, 1.807) is 7.05 Å². The van der Waals surface area contributed by atoms with E-state index in [0.717, 1.165) is 12.8 Å². The second-order valence-electron chi connectivity index (χ2n) is 3.18. The summed E-state index contributed by atoms with van der Waals surface area (Å²) in [5.41, 5.74) is 5.72. The third-order valence-electron chi connectivity index (χ3n) is 2.46. The van der Waals surface area contributed by atoms with Gasteiger partial charge in [0.25, 0.3) is 0 Å². The zero-order valence-electron chi connectivity index (χ0n) is 6.97. The van der Waals surface area contributed by atoms with Crippen LogP contribution >= 0.6 is 0 Å². The molecule has 1 saturated carbocycles. The predicted molar refractivity (Wildman–Crippen MR) is 44.0 cm³/mol. The average molecular weight is 156 g/mol. The lowest BCUT2D eigenvalue weighted by molar-refractivity contribution is -0.122. The van der Waals surface area contributed by atoms with Crippen molar-refractivity contribution in [3.05, 3.63) is 0 Å². The summed E-state index contributed by atoms with van der Waals surface area (Å²) in [6.45, 7) is 0. The molecule has 0 aromatic rings. The van der Waals surface area contributed by atoms with E-state index in [4.69, 9.17) is 5.73 Å². The number of nitrogens with one attached hydrogen (secondary N) is 1. The fourth-order valence-electron chi connectivity index (χ4n) is 1.70. The summed E-state index contributed by atoms with van der Waals surface area (Å²) in [7, 11) is 1.64. The minimum Gasteiger partial charge on any atom is -0.358 e. The molecule has 1 amide bonds. The van der Waals surface area contributed by atoms with Gasteiger partial charge in [-0.2, -0.15) is 0 Å². The molecule has 0 heterocycles. The Kier molecular flexibility index (Phi) is 2.88. The summed E-state index contributed by atoms with van der Waals surface area (Å²) in [6, 6.07) is -0.275. The number of carbonyl (C=O) groups is 1. The van der Waals surface area contributed by atoms with E-state index in [1.807, 2.05) is 0 Å². The van der Waals surface area contributed by atoms with Crippen LogP contribution in [0.25, 0.3) is 0 Å². The molecule has 1 fully saturated rings. The molecule has 11 heavy (non-hydrogen) atoms. The number of carbonyl (C=O) groups excluding carboxylic acids is 1. The summed E-state index contributed by atoms with van der Waals surface area (Å²) in [5, 5.41) is 2.58. The summed E-state index contributed by atoms with van der Waals surface area (Å²) < 4.78 is 0. The van der Waals surface area contributed by atoms with E-state index >= 15 is 0 Å². The molecule has 0 aromatic carbocycles. The Morgan fingerprint density at radius 3 is 2.55 bits per heavy atom.